The van der Waals surface area contributed by atoms with Crippen LogP contribution >= 0.6 is 11.3 Å². The number of hydrogen-bond acceptors (Lipinski definition) is 3. The molecule has 0 fully saturated rings. The first kappa shape index (κ1) is 13.0. The Kier molecular flexibility index (Phi) is 4.80. The Hall–Kier alpha value is -1.03. The summed E-state index contributed by atoms with van der Waals surface area (Å²) in [5.41, 5.74) is 0. The smallest absolute Gasteiger partial charge is 0.410 e. The lowest BCUT2D eigenvalue weighted by Crippen LogP contribution is -2.37. The third-order valence-electron chi connectivity index (χ3n) is 2.10. The van der Waals surface area contributed by atoms with Crippen molar-refractivity contribution in [3.63, 3.8) is 0 Å². The van der Waals surface area contributed by atoms with E-state index in [0.717, 1.165) is 0 Å². The Morgan fingerprint density at radius 3 is 2.56 bits per heavy atom. The second-order valence-corrected chi connectivity index (χ2v) is 5.27. The fourth-order valence-electron chi connectivity index (χ4n) is 1.30. The topological polar surface area (TPSA) is 29.5 Å². The lowest BCUT2D eigenvalue weighted by atomic mass is 10.3. The van der Waals surface area contributed by atoms with Gasteiger partial charge in [0.1, 0.15) is 0 Å². The lowest BCUT2D eigenvalue weighted by molar-refractivity contribution is 0.0656. The van der Waals surface area contributed by atoms with E-state index in [1.807, 2.05) is 45.2 Å². The summed E-state index contributed by atoms with van der Waals surface area (Å²) in [5.74, 6) is 0. The van der Waals surface area contributed by atoms with Gasteiger partial charge < -0.3 is 9.64 Å². The molecule has 90 valence electrons. The second kappa shape index (κ2) is 5.89. The minimum Gasteiger partial charge on any atom is -0.447 e. The zero-order valence-electron chi connectivity index (χ0n) is 10.3. The van der Waals surface area contributed by atoms with Crippen molar-refractivity contribution in [2.75, 3.05) is 0 Å². The van der Waals surface area contributed by atoms with E-state index in [4.69, 9.17) is 4.74 Å². The molecule has 0 aliphatic heterocycles. The highest BCUT2D eigenvalue weighted by molar-refractivity contribution is 7.09. The zero-order valence-corrected chi connectivity index (χ0v) is 11.1. The standard InChI is InChI=1S/C12H19NO2S/c1-9(2)13(12(14)15-10(3)4)8-11-6-5-7-16-11/h5-7,9-10H,8H2,1-4H3. The Bertz CT molecular complexity index is 320. The minimum absolute atomic E-state index is 0.0721. The highest BCUT2D eigenvalue weighted by Gasteiger charge is 2.19. The summed E-state index contributed by atoms with van der Waals surface area (Å²) in [5, 5.41) is 2.02. The van der Waals surface area contributed by atoms with Crippen molar-refractivity contribution < 1.29 is 9.53 Å². The maximum Gasteiger partial charge on any atom is 0.410 e. The van der Waals surface area contributed by atoms with Crippen LogP contribution in [0.1, 0.15) is 32.6 Å². The third kappa shape index (κ3) is 3.85. The average molecular weight is 241 g/mol. The van der Waals surface area contributed by atoms with Crippen LogP contribution < -0.4 is 0 Å². The molecule has 0 unspecified atom stereocenters. The van der Waals surface area contributed by atoms with Crippen molar-refractivity contribution in [1.82, 2.24) is 4.90 Å². The molecule has 1 aromatic heterocycles. The monoisotopic (exact) mass is 241 g/mol. The van der Waals surface area contributed by atoms with Crippen molar-refractivity contribution in [2.24, 2.45) is 0 Å². The largest absolute Gasteiger partial charge is 0.447 e. The van der Waals surface area contributed by atoms with Gasteiger partial charge in [-0.2, -0.15) is 0 Å². The van der Waals surface area contributed by atoms with Crippen LogP contribution in [0.4, 0.5) is 4.79 Å². The molecule has 1 rings (SSSR count). The fourth-order valence-corrected chi connectivity index (χ4v) is 2.00. The molecule has 16 heavy (non-hydrogen) atoms. The summed E-state index contributed by atoms with van der Waals surface area (Å²) in [6.07, 6.45) is -0.310. The van der Waals surface area contributed by atoms with Crippen LogP contribution in [0.5, 0.6) is 0 Å². The van der Waals surface area contributed by atoms with Gasteiger partial charge in [-0.3, -0.25) is 0 Å². The minimum atomic E-state index is -0.238. The molecule has 1 heterocycles. The van der Waals surface area contributed by atoms with E-state index in [2.05, 4.69) is 0 Å². The van der Waals surface area contributed by atoms with Gasteiger partial charge in [0.2, 0.25) is 0 Å². The van der Waals surface area contributed by atoms with Crippen LogP contribution in [0.15, 0.2) is 17.5 Å². The normalized spacial score (nSPS) is 10.9. The third-order valence-corrected chi connectivity index (χ3v) is 2.96. The zero-order chi connectivity index (χ0) is 12.1. The number of carbonyl (C=O) groups is 1. The average Bonchev–Trinajstić information content (AvgIpc) is 2.64. The van der Waals surface area contributed by atoms with Crippen LogP contribution in [-0.2, 0) is 11.3 Å². The summed E-state index contributed by atoms with van der Waals surface area (Å²) in [4.78, 5) is 14.7. The summed E-state index contributed by atoms with van der Waals surface area (Å²) in [6.45, 7) is 8.34. The first-order valence-electron chi connectivity index (χ1n) is 5.50. The SMILES string of the molecule is CC(C)OC(=O)N(Cc1cccs1)C(C)C. The van der Waals surface area contributed by atoms with Crippen molar-refractivity contribution in [3.05, 3.63) is 22.4 Å². The van der Waals surface area contributed by atoms with Gasteiger partial charge in [0.15, 0.2) is 0 Å². The molecule has 1 aromatic rings. The van der Waals surface area contributed by atoms with E-state index >= 15 is 0 Å². The Labute approximate surface area is 101 Å². The van der Waals surface area contributed by atoms with Crippen LogP contribution in [0.3, 0.4) is 0 Å². The first-order valence-corrected chi connectivity index (χ1v) is 6.38. The molecule has 0 N–H and O–H groups in total. The number of hydrogen-bond donors (Lipinski definition) is 0. The molecule has 0 aromatic carbocycles. The molecule has 1 amide bonds. The number of rotatable bonds is 4. The van der Waals surface area contributed by atoms with Crippen molar-refractivity contribution in [2.45, 2.75) is 46.4 Å². The first-order chi connectivity index (χ1) is 7.50. The molecule has 0 radical (unpaired) electrons. The lowest BCUT2D eigenvalue weighted by Gasteiger charge is -2.26. The maximum atomic E-state index is 11.8. The van der Waals surface area contributed by atoms with Crippen LogP contribution in [0, 0.1) is 0 Å². The maximum absolute atomic E-state index is 11.8. The highest BCUT2D eigenvalue weighted by Crippen LogP contribution is 2.15. The summed E-state index contributed by atoms with van der Waals surface area (Å²) in [6, 6.07) is 4.17. The van der Waals surface area contributed by atoms with Gasteiger partial charge in [-0.1, -0.05) is 6.07 Å². The van der Waals surface area contributed by atoms with E-state index in [9.17, 15) is 4.79 Å². The van der Waals surface area contributed by atoms with E-state index in [1.165, 1.54) is 4.88 Å². The molecule has 0 aliphatic carbocycles. The van der Waals surface area contributed by atoms with Gasteiger partial charge >= 0.3 is 6.09 Å². The predicted molar refractivity (Wildman–Crippen MR) is 66.6 cm³/mol. The molecule has 0 saturated heterocycles. The van der Waals surface area contributed by atoms with Crippen molar-refractivity contribution in [1.29, 1.82) is 0 Å². The predicted octanol–water partition coefficient (Wildman–Crippen LogP) is 3.50. The van der Waals surface area contributed by atoms with E-state index < -0.39 is 0 Å². The van der Waals surface area contributed by atoms with Gasteiger partial charge in [-0.15, -0.1) is 11.3 Å². The van der Waals surface area contributed by atoms with Gasteiger partial charge in [-0.05, 0) is 39.1 Å². The van der Waals surface area contributed by atoms with Gasteiger partial charge in [0.05, 0.1) is 12.6 Å². The van der Waals surface area contributed by atoms with E-state index in [-0.39, 0.29) is 18.2 Å². The molecule has 3 nitrogen and oxygen atoms in total. The van der Waals surface area contributed by atoms with E-state index in [0.29, 0.717) is 6.54 Å². The fraction of sp³-hybridized carbons (Fsp3) is 0.583. The number of nitrogens with zero attached hydrogens (tertiary/aromatic N) is 1. The summed E-state index contributed by atoms with van der Waals surface area (Å²) < 4.78 is 5.21. The van der Waals surface area contributed by atoms with Crippen LogP contribution in [0.2, 0.25) is 0 Å². The highest BCUT2D eigenvalue weighted by atomic mass is 32.1. The number of amides is 1. The molecule has 0 aliphatic rings. The number of ether oxygens (including phenoxy) is 1. The van der Waals surface area contributed by atoms with Crippen molar-refractivity contribution in [3.8, 4) is 0 Å². The molecular weight excluding hydrogens is 222 g/mol. The molecule has 0 spiro atoms. The Balaban J connectivity index is 2.64. The molecule has 4 heteroatoms. The van der Waals surface area contributed by atoms with Crippen LogP contribution in [-0.4, -0.2) is 23.1 Å². The Morgan fingerprint density at radius 1 is 1.44 bits per heavy atom. The molecule has 0 saturated carbocycles. The number of thiophene rings is 1. The van der Waals surface area contributed by atoms with Crippen LogP contribution in [0.25, 0.3) is 0 Å². The molecule has 0 atom stereocenters. The van der Waals surface area contributed by atoms with Gasteiger partial charge in [0.25, 0.3) is 0 Å². The van der Waals surface area contributed by atoms with E-state index in [1.54, 1.807) is 16.2 Å². The van der Waals surface area contributed by atoms with Gasteiger partial charge in [-0.25, -0.2) is 4.79 Å². The summed E-state index contributed by atoms with van der Waals surface area (Å²) in [7, 11) is 0. The summed E-state index contributed by atoms with van der Waals surface area (Å²) >= 11 is 1.66. The quantitative estimate of drug-likeness (QED) is 0.807. The Morgan fingerprint density at radius 2 is 2.12 bits per heavy atom. The van der Waals surface area contributed by atoms with Gasteiger partial charge in [0, 0.05) is 10.9 Å². The molecule has 0 bridgehead atoms. The second-order valence-electron chi connectivity index (χ2n) is 4.23. The van der Waals surface area contributed by atoms with Crippen molar-refractivity contribution >= 4 is 17.4 Å². The molecular formula is C12H19NO2S. The number of carbonyl (C=O) groups excluding carboxylic acids is 1.